The predicted octanol–water partition coefficient (Wildman–Crippen LogP) is 6.81. The fourth-order valence-electron chi connectivity index (χ4n) is 5.38. The highest BCUT2D eigenvalue weighted by molar-refractivity contribution is 5.79. The molecule has 1 fully saturated rings. The smallest absolute Gasteiger partial charge is 0.433 e. The van der Waals surface area contributed by atoms with Crippen LogP contribution in [0.15, 0.2) is 84.0 Å². The Morgan fingerprint density at radius 1 is 1.00 bits per heavy atom. The molecule has 5 rings (SSSR count). The van der Waals surface area contributed by atoms with Gasteiger partial charge in [-0.2, -0.15) is 0 Å². The molecule has 2 aliphatic rings. The van der Waals surface area contributed by atoms with Crippen LogP contribution in [0.1, 0.15) is 42.6 Å². The lowest BCUT2D eigenvalue weighted by molar-refractivity contribution is -0.139. The van der Waals surface area contributed by atoms with Gasteiger partial charge in [0.2, 0.25) is 0 Å². The molecule has 0 radical (unpaired) electrons. The highest BCUT2D eigenvalue weighted by Crippen LogP contribution is 2.44. The lowest BCUT2D eigenvalue weighted by atomic mass is 9.90. The molecule has 8 heteroatoms. The van der Waals surface area contributed by atoms with E-state index in [-0.39, 0.29) is 37.3 Å². The number of hydrogen-bond donors (Lipinski definition) is 0. The molecule has 0 saturated carbocycles. The van der Waals surface area contributed by atoms with Gasteiger partial charge in [-0.05, 0) is 40.3 Å². The number of fused-ring (bicyclic) bond motifs is 3. The van der Waals surface area contributed by atoms with Crippen molar-refractivity contribution in [2.24, 2.45) is 11.0 Å². The average Bonchev–Trinajstić information content (AvgIpc) is 3.27. The molecule has 0 bridgehead atoms. The molecule has 8 nitrogen and oxygen atoms in total. The summed E-state index contributed by atoms with van der Waals surface area (Å²) in [5.74, 6) is -0.349. The van der Waals surface area contributed by atoms with Gasteiger partial charge < -0.3 is 18.9 Å². The van der Waals surface area contributed by atoms with E-state index in [4.69, 9.17) is 24.5 Å². The van der Waals surface area contributed by atoms with Crippen molar-refractivity contribution in [2.75, 3.05) is 19.8 Å². The number of carbonyl (C=O) groups is 1. The molecule has 38 heavy (non-hydrogen) atoms. The van der Waals surface area contributed by atoms with Crippen molar-refractivity contribution in [2.45, 2.75) is 44.1 Å². The summed E-state index contributed by atoms with van der Waals surface area (Å²) in [5, 5.41) is 3.82. The van der Waals surface area contributed by atoms with Gasteiger partial charge in [0.05, 0.1) is 31.5 Å². The van der Waals surface area contributed by atoms with Gasteiger partial charge in [0, 0.05) is 16.7 Å². The Labute approximate surface area is 222 Å². The quantitative estimate of drug-likeness (QED) is 0.142. The third-order valence-corrected chi connectivity index (χ3v) is 7.51. The molecule has 5 atom stereocenters. The Bertz CT molecular complexity index is 1260. The van der Waals surface area contributed by atoms with Crippen molar-refractivity contribution < 1.29 is 23.7 Å². The van der Waals surface area contributed by atoms with E-state index in [9.17, 15) is 4.79 Å². The van der Waals surface area contributed by atoms with Crippen molar-refractivity contribution in [1.82, 2.24) is 0 Å². The van der Waals surface area contributed by atoms with Crippen LogP contribution in [0.25, 0.3) is 21.6 Å². The lowest BCUT2D eigenvalue weighted by Gasteiger charge is -2.39. The summed E-state index contributed by atoms with van der Waals surface area (Å²) in [6.45, 7) is 4.48. The van der Waals surface area contributed by atoms with E-state index in [0.717, 1.165) is 27.8 Å². The van der Waals surface area contributed by atoms with E-state index in [0.29, 0.717) is 6.61 Å². The maximum Gasteiger partial charge on any atom is 0.508 e. The first-order valence-electron chi connectivity index (χ1n) is 12.9. The Hall–Kier alpha value is -3.84. The van der Waals surface area contributed by atoms with E-state index in [2.05, 4.69) is 34.3 Å². The minimum atomic E-state index is -0.791. The molecule has 3 aromatic rings. The zero-order valence-corrected chi connectivity index (χ0v) is 21.5. The molecular formula is C30H31N3O5. The molecule has 0 amide bonds. The van der Waals surface area contributed by atoms with Gasteiger partial charge in [0.1, 0.15) is 12.7 Å². The highest BCUT2D eigenvalue weighted by atomic mass is 16.7. The fraction of sp³-hybridized carbons (Fsp3) is 0.367. The summed E-state index contributed by atoms with van der Waals surface area (Å²) >= 11 is 0. The van der Waals surface area contributed by atoms with Gasteiger partial charge in [0.25, 0.3) is 0 Å². The van der Waals surface area contributed by atoms with Crippen molar-refractivity contribution in [3.05, 3.63) is 106 Å². The molecule has 1 heterocycles. The first-order valence-corrected chi connectivity index (χ1v) is 12.9. The predicted molar refractivity (Wildman–Crippen MR) is 143 cm³/mol. The summed E-state index contributed by atoms with van der Waals surface area (Å²) in [4.78, 5) is 15.8. The maximum atomic E-state index is 12.9. The Balaban J connectivity index is 1.22. The summed E-state index contributed by atoms with van der Waals surface area (Å²) in [6, 6.07) is 25.6. The van der Waals surface area contributed by atoms with Crippen LogP contribution >= 0.6 is 0 Å². The SMILES string of the molecule is CC(OCC1OCC(N=[N+]=[N-])[C@@H](OC(=O)OCC2c3ccccc3-c3ccccc32)[C@@H]1C)c1ccccc1. The highest BCUT2D eigenvalue weighted by Gasteiger charge is 2.41. The van der Waals surface area contributed by atoms with Gasteiger partial charge in [0.15, 0.2) is 0 Å². The van der Waals surface area contributed by atoms with E-state index in [1.807, 2.05) is 68.4 Å². The first kappa shape index (κ1) is 25.8. The number of hydrogen-bond acceptors (Lipinski definition) is 6. The molecule has 0 N–H and O–H groups in total. The molecule has 3 unspecified atom stereocenters. The van der Waals surface area contributed by atoms with Gasteiger partial charge in [-0.1, -0.05) is 90.9 Å². The van der Waals surface area contributed by atoms with Gasteiger partial charge in [-0.15, -0.1) is 0 Å². The van der Waals surface area contributed by atoms with Gasteiger partial charge >= 0.3 is 6.16 Å². The second-order valence-electron chi connectivity index (χ2n) is 9.76. The van der Waals surface area contributed by atoms with Crippen molar-refractivity contribution in [1.29, 1.82) is 0 Å². The van der Waals surface area contributed by atoms with Crippen LogP contribution < -0.4 is 0 Å². The van der Waals surface area contributed by atoms with Crippen LogP contribution in [-0.2, 0) is 18.9 Å². The normalized spacial score (nSPS) is 23.0. The van der Waals surface area contributed by atoms with Crippen LogP contribution in [-0.4, -0.2) is 44.2 Å². The number of carbonyl (C=O) groups excluding carboxylic acids is 1. The Morgan fingerprint density at radius 3 is 2.29 bits per heavy atom. The van der Waals surface area contributed by atoms with Crippen molar-refractivity contribution in [3.8, 4) is 11.1 Å². The number of nitrogens with zero attached hydrogens (tertiary/aromatic N) is 3. The maximum absolute atomic E-state index is 12.9. The van der Waals surface area contributed by atoms with Crippen LogP contribution in [0, 0.1) is 5.92 Å². The molecule has 1 aliphatic heterocycles. The lowest BCUT2D eigenvalue weighted by Crippen LogP contribution is -2.50. The largest absolute Gasteiger partial charge is 0.508 e. The third kappa shape index (κ3) is 5.38. The summed E-state index contributed by atoms with van der Waals surface area (Å²) in [5.41, 5.74) is 14.7. The van der Waals surface area contributed by atoms with Gasteiger partial charge in [-0.25, -0.2) is 4.79 Å². The first-order chi connectivity index (χ1) is 18.6. The van der Waals surface area contributed by atoms with Crippen LogP contribution in [0.4, 0.5) is 4.79 Å². The third-order valence-electron chi connectivity index (χ3n) is 7.51. The molecule has 196 valence electrons. The molecule has 0 aromatic heterocycles. The number of rotatable bonds is 8. The van der Waals surface area contributed by atoms with Crippen LogP contribution in [0.5, 0.6) is 0 Å². The topological polar surface area (TPSA) is 103 Å². The average molecular weight is 514 g/mol. The number of benzene rings is 3. The van der Waals surface area contributed by atoms with E-state index in [1.54, 1.807) is 0 Å². The number of ether oxygens (including phenoxy) is 4. The Kier molecular flexibility index (Phi) is 7.94. The van der Waals surface area contributed by atoms with Crippen molar-refractivity contribution >= 4 is 6.16 Å². The van der Waals surface area contributed by atoms with E-state index < -0.39 is 18.3 Å². The van der Waals surface area contributed by atoms with Crippen LogP contribution in [0.3, 0.4) is 0 Å². The second kappa shape index (κ2) is 11.7. The van der Waals surface area contributed by atoms with Gasteiger partial charge in [-0.3, -0.25) is 0 Å². The number of azide groups is 1. The van der Waals surface area contributed by atoms with E-state index in [1.165, 1.54) is 0 Å². The summed E-state index contributed by atoms with van der Waals surface area (Å²) in [6.07, 6.45) is -1.95. The summed E-state index contributed by atoms with van der Waals surface area (Å²) in [7, 11) is 0. The Morgan fingerprint density at radius 2 is 1.63 bits per heavy atom. The molecule has 0 spiro atoms. The standard InChI is InChI=1S/C30H31N3O5/c1-19-28(18-35-20(2)21-10-4-3-5-11-21)36-17-27(32-33-31)29(19)38-30(34)37-16-26-24-14-8-6-12-22(24)23-13-7-9-15-25(23)26/h3-15,19-20,26-29H,16-18H2,1-2H3/t19-,20?,27?,28?,29+/m1/s1. The molecular weight excluding hydrogens is 482 g/mol. The van der Waals surface area contributed by atoms with Crippen molar-refractivity contribution in [3.63, 3.8) is 0 Å². The monoisotopic (exact) mass is 513 g/mol. The summed E-state index contributed by atoms with van der Waals surface area (Å²) < 4.78 is 23.4. The minimum Gasteiger partial charge on any atom is -0.433 e. The van der Waals surface area contributed by atoms with Crippen LogP contribution in [0.2, 0.25) is 0 Å². The van der Waals surface area contributed by atoms with E-state index >= 15 is 0 Å². The molecule has 3 aromatic carbocycles. The second-order valence-corrected chi connectivity index (χ2v) is 9.76. The fourth-order valence-corrected chi connectivity index (χ4v) is 5.38. The zero-order valence-electron chi connectivity index (χ0n) is 21.5. The zero-order chi connectivity index (χ0) is 26.5. The minimum absolute atomic E-state index is 0.0735. The molecule has 1 saturated heterocycles. The molecule has 1 aliphatic carbocycles.